The van der Waals surface area contributed by atoms with Gasteiger partial charge in [-0.1, -0.05) is 23.9 Å². The van der Waals surface area contributed by atoms with Gasteiger partial charge in [-0.2, -0.15) is 0 Å². The second-order valence-electron chi connectivity index (χ2n) is 6.64. The zero-order valence-electron chi connectivity index (χ0n) is 16.9. The fourth-order valence-corrected chi connectivity index (χ4v) is 4.43. The maximum Gasteiger partial charge on any atom is 0.311 e. The van der Waals surface area contributed by atoms with Crippen molar-refractivity contribution in [1.29, 1.82) is 0 Å². The molecule has 0 aliphatic heterocycles. The molecule has 158 valence electrons. The molecule has 0 saturated carbocycles. The van der Waals surface area contributed by atoms with Crippen LogP contribution in [0.25, 0.3) is 10.9 Å². The summed E-state index contributed by atoms with van der Waals surface area (Å²) in [6.45, 7) is 5.87. The predicted molar refractivity (Wildman–Crippen MR) is 118 cm³/mol. The van der Waals surface area contributed by atoms with Gasteiger partial charge >= 0.3 is 5.97 Å². The number of thioether (sulfide) groups is 1. The molecule has 0 aliphatic rings. The number of rotatable bonds is 8. The lowest BCUT2D eigenvalue weighted by atomic mass is 10.2. The van der Waals surface area contributed by atoms with Gasteiger partial charge < -0.3 is 10.1 Å². The normalized spacial score (nSPS) is 11.1. The SMILES string of the molecule is CCOC(=O)Cc1csc(NC(=O)CSc2nc3ccccc3c(=O)n2C(C)C)n1. The Morgan fingerprint density at radius 3 is 2.77 bits per heavy atom. The molecule has 1 N–H and O–H groups in total. The summed E-state index contributed by atoms with van der Waals surface area (Å²) in [5, 5.41) is 5.88. The van der Waals surface area contributed by atoms with Crippen LogP contribution in [0.2, 0.25) is 0 Å². The van der Waals surface area contributed by atoms with Crippen LogP contribution in [-0.2, 0) is 20.7 Å². The summed E-state index contributed by atoms with van der Waals surface area (Å²) in [6.07, 6.45) is 0.0661. The Hall–Kier alpha value is -2.72. The Bertz CT molecular complexity index is 1120. The van der Waals surface area contributed by atoms with E-state index >= 15 is 0 Å². The van der Waals surface area contributed by atoms with Crippen molar-refractivity contribution in [3.63, 3.8) is 0 Å². The molecule has 0 unspecified atom stereocenters. The molecule has 3 rings (SSSR count). The Morgan fingerprint density at radius 1 is 1.27 bits per heavy atom. The van der Waals surface area contributed by atoms with E-state index in [0.717, 1.165) is 0 Å². The minimum absolute atomic E-state index is 0.0661. The molecule has 0 fully saturated rings. The molecule has 2 heterocycles. The second-order valence-corrected chi connectivity index (χ2v) is 8.44. The molecule has 0 atom stereocenters. The van der Waals surface area contributed by atoms with Gasteiger partial charge in [-0.3, -0.25) is 19.0 Å². The third-order valence-electron chi connectivity index (χ3n) is 4.05. The zero-order chi connectivity index (χ0) is 21.7. The Labute approximate surface area is 181 Å². The van der Waals surface area contributed by atoms with Crippen molar-refractivity contribution >= 4 is 51.0 Å². The highest BCUT2D eigenvalue weighted by Gasteiger charge is 2.16. The molecule has 8 nitrogen and oxygen atoms in total. The lowest BCUT2D eigenvalue weighted by molar-refractivity contribution is -0.142. The third-order valence-corrected chi connectivity index (χ3v) is 5.81. The number of nitrogens with one attached hydrogen (secondary N) is 1. The number of carbonyl (C=O) groups excluding carboxylic acids is 2. The highest BCUT2D eigenvalue weighted by Crippen LogP contribution is 2.22. The lowest BCUT2D eigenvalue weighted by Crippen LogP contribution is -2.25. The first kappa shape index (κ1) is 22.0. The van der Waals surface area contributed by atoms with Crippen molar-refractivity contribution in [2.45, 2.75) is 38.4 Å². The van der Waals surface area contributed by atoms with Crippen LogP contribution < -0.4 is 10.9 Å². The summed E-state index contributed by atoms with van der Waals surface area (Å²) in [6, 6.07) is 7.07. The predicted octanol–water partition coefficient (Wildman–Crippen LogP) is 3.27. The number of hydrogen-bond donors (Lipinski definition) is 1. The summed E-state index contributed by atoms with van der Waals surface area (Å²) in [5.41, 5.74) is 1.03. The van der Waals surface area contributed by atoms with Crippen LogP contribution in [0.4, 0.5) is 5.13 Å². The Balaban J connectivity index is 1.68. The highest BCUT2D eigenvalue weighted by molar-refractivity contribution is 7.99. The smallest absolute Gasteiger partial charge is 0.311 e. The van der Waals surface area contributed by atoms with Crippen molar-refractivity contribution in [2.75, 3.05) is 17.7 Å². The van der Waals surface area contributed by atoms with E-state index in [1.807, 2.05) is 19.9 Å². The lowest BCUT2D eigenvalue weighted by Gasteiger charge is -2.15. The second kappa shape index (κ2) is 9.86. The molecule has 1 amide bonds. The van der Waals surface area contributed by atoms with Crippen LogP contribution in [-0.4, -0.2) is 38.8 Å². The molecule has 0 saturated heterocycles. The first-order chi connectivity index (χ1) is 14.4. The minimum atomic E-state index is -0.356. The van der Waals surface area contributed by atoms with Crippen LogP contribution in [0.3, 0.4) is 0 Å². The maximum atomic E-state index is 12.8. The van der Waals surface area contributed by atoms with Crippen LogP contribution in [0.1, 0.15) is 32.5 Å². The van der Waals surface area contributed by atoms with E-state index in [1.54, 1.807) is 35.1 Å². The van der Waals surface area contributed by atoms with Gasteiger partial charge in [0, 0.05) is 11.4 Å². The number of thiazole rings is 1. The van der Waals surface area contributed by atoms with Crippen LogP contribution >= 0.6 is 23.1 Å². The maximum absolute atomic E-state index is 12.8. The quantitative estimate of drug-likeness (QED) is 0.322. The van der Waals surface area contributed by atoms with Gasteiger partial charge in [-0.15, -0.1) is 11.3 Å². The molecule has 0 bridgehead atoms. The van der Waals surface area contributed by atoms with Crippen LogP contribution in [0.15, 0.2) is 39.6 Å². The van der Waals surface area contributed by atoms with E-state index in [4.69, 9.17) is 4.74 Å². The number of nitrogens with zero attached hydrogens (tertiary/aromatic N) is 3. The largest absolute Gasteiger partial charge is 0.466 e. The van der Waals surface area contributed by atoms with E-state index in [2.05, 4.69) is 15.3 Å². The van der Waals surface area contributed by atoms with Gasteiger partial charge in [0.25, 0.3) is 5.56 Å². The van der Waals surface area contributed by atoms with Crippen molar-refractivity contribution < 1.29 is 14.3 Å². The Morgan fingerprint density at radius 2 is 2.03 bits per heavy atom. The number of aromatic nitrogens is 3. The third kappa shape index (κ3) is 5.25. The van der Waals surface area contributed by atoms with Gasteiger partial charge in [0.2, 0.25) is 5.91 Å². The number of para-hydroxylation sites is 1. The summed E-state index contributed by atoms with van der Waals surface area (Å²) in [4.78, 5) is 45.5. The summed E-state index contributed by atoms with van der Waals surface area (Å²) >= 11 is 2.44. The average Bonchev–Trinajstić information content (AvgIpc) is 3.12. The first-order valence-corrected chi connectivity index (χ1v) is 11.3. The molecule has 10 heteroatoms. The van der Waals surface area contributed by atoms with Gasteiger partial charge in [0.05, 0.1) is 35.4 Å². The van der Waals surface area contributed by atoms with E-state index in [0.29, 0.717) is 33.5 Å². The monoisotopic (exact) mass is 446 g/mol. The number of amides is 1. The molecule has 30 heavy (non-hydrogen) atoms. The van der Waals surface area contributed by atoms with Crippen molar-refractivity contribution in [1.82, 2.24) is 14.5 Å². The van der Waals surface area contributed by atoms with E-state index in [9.17, 15) is 14.4 Å². The van der Waals surface area contributed by atoms with Gasteiger partial charge in [0.15, 0.2) is 10.3 Å². The number of fused-ring (bicyclic) bond motifs is 1. The number of anilines is 1. The number of carbonyl (C=O) groups is 2. The number of esters is 1. The average molecular weight is 447 g/mol. The number of benzene rings is 1. The van der Waals surface area contributed by atoms with Crippen molar-refractivity contribution in [2.24, 2.45) is 0 Å². The Kier molecular flexibility index (Phi) is 7.22. The molecular weight excluding hydrogens is 424 g/mol. The van der Waals surface area contributed by atoms with Gasteiger partial charge in [-0.25, -0.2) is 9.97 Å². The summed E-state index contributed by atoms with van der Waals surface area (Å²) in [7, 11) is 0. The van der Waals surface area contributed by atoms with Gasteiger partial charge in [0.1, 0.15) is 0 Å². The van der Waals surface area contributed by atoms with E-state index in [-0.39, 0.29) is 35.7 Å². The van der Waals surface area contributed by atoms with E-state index in [1.165, 1.54) is 23.1 Å². The molecule has 2 aromatic heterocycles. The zero-order valence-corrected chi connectivity index (χ0v) is 18.5. The first-order valence-electron chi connectivity index (χ1n) is 9.43. The summed E-state index contributed by atoms with van der Waals surface area (Å²) < 4.78 is 6.49. The molecule has 0 radical (unpaired) electrons. The number of hydrogen-bond acceptors (Lipinski definition) is 8. The molecule has 3 aromatic rings. The van der Waals surface area contributed by atoms with Crippen molar-refractivity contribution in [3.05, 3.63) is 45.7 Å². The van der Waals surface area contributed by atoms with Crippen molar-refractivity contribution in [3.8, 4) is 0 Å². The van der Waals surface area contributed by atoms with Gasteiger partial charge in [-0.05, 0) is 32.9 Å². The molecule has 0 spiro atoms. The topological polar surface area (TPSA) is 103 Å². The number of ether oxygens (including phenoxy) is 1. The fourth-order valence-electron chi connectivity index (χ4n) is 2.77. The minimum Gasteiger partial charge on any atom is -0.466 e. The van der Waals surface area contributed by atoms with Crippen LogP contribution in [0, 0.1) is 0 Å². The molecule has 1 aromatic carbocycles. The summed E-state index contributed by atoms with van der Waals surface area (Å²) in [5.74, 6) is -0.551. The van der Waals surface area contributed by atoms with Crippen LogP contribution in [0.5, 0.6) is 0 Å². The van der Waals surface area contributed by atoms with E-state index < -0.39 is 0 Å². The standard InChI is InChI=1S/C20H22N4O4S2/c1-4-28-17(26)9-13-10-29-19(21-13)23-16(25)11-30-20-22-15-8-6-5-7-14(15)18(27)24(20)12(2)3/h5-8,10,12H,4,9,11H2,1-3H3,(H,21,23,25). The fraction of sp³-hybridized carbons (Fsp3) is 0.350. The highest BCUT2D eigenvalue weighted by atomic mass is 32.2. The molecular formula is C20H22N4O4S2. The molecule has 0 aliphatic carbocycles.